The summed E-state index contributed by atoms with van der Waals surface area (Å²) >= 11 is 5.91. The van der Waals surface area contributed by atoms with Gasteiger partial charge in [0, 0.05) is 20.1 Å². The molecular weight excluding hydrogens is 274 g/mol. The number of aromatic nitrogens is 3. The lowest BCUT2D eigenvalue weighted by atomic mass is 10.1. The Hall–Kier alpha value is -1.88. The highest BCUT2D eigenvalue weighted by atomic mass is 35.5. The molecule has 0 aliphatic rings. The first kappa shape index (κ1) is 14.5. The molecule has 1 aromatic carbocycles. The van der Waals surface area contributed by atoms with Crippen molar-refractivity contribution in [2.75, 3.05) is 24.3 Å². The molecule has 0 saturated carbocycles. The van der Waals surface area contributed by atoms with E-state index in [9.17, 15) is 0 Å². The van der Waals surface area contributed by atoms with Crippen LogP contribution in [-0.2, 0) is 6.42 Å². The predicted molar refractivity (Wildman–Crippen MR) is 82.4 cm³/mol. The molecule has 1 unspecified atom stereocenters. The van der Waals surface area contributed by atoms with Crippen molar-refractivity contribution in [2.45, 2.75) is 19.4 Å². The summed E-state index contributed by atoms with van der Waals surface area (Å²) in [4.78, 5) is 14.3. The van der Waals surface area contributed by atoms with E-state index in [0.717, 1.165) is 6.42 Å². The summed E-state index contributed by atoms with van der Waals surface area (Å²) in [6.07, 6.45) is 0.890. The fourth-order valence-corrected chi connectivity index (χ4v) is 2.00. The van der Waals surface area contributed by atoms with Crippen molar-refractivity contribution in [2.24, 2.45) is 0 Å². The SMILES string of the molecule is CC(Cc1ccccc1)Nc1nc(Cl)nc(N(C)C)n1. The van der Waals surface area contributed by atoms with Crippen LogP contribution in [0, 0.1) is 0 Å². The first-order chi connectivity index (χ1) is 9.54. The van der Waals surface area contributed by atoms with E-state index in [1.165, 1.54) is 5.56 Å². The molecule has 106 valence electrons. The largest absolute Gasteiger partial charge is 0.351 e. The van der Waals surface area contributed by atoms with Crippen LogP contribution in [0.5, 0.6) is 0 Å². The standard InChI is InChI=1S/C14H18ClN5/c1-10(9-11-7-5-4-6-8-11)16-13-17-12(15)18-14(19-13)20(2)3/h4-8,10H,9H2,1-3H3,(H,16,17,18,19). The van der Waals surface area contributed by atoms with Crippen LogP contribution in [0.25, 0.3) is 0 Å². The van der Waals surface area contributed by atoms with Crippen LogP contribution in [0.4, 0.5) is 11.9 Å². The molecule has 0 fully saturated rings. The minimum atomic E-state index is 0.193. The molecule has 1 heterocycles. The second kappa shape index (κ2) is 6.52. The maximum atomic E-state index is 5.91. The number of benzene rings is 1. The lowest BCUT2D eigenvalue weighted by molar-refractivity contribution is 0.773. The van der Waals surface area contributed by atoms with Gasteiger partial charge in [0.25, 0.3) is 0 Å². The smallest absolute Gasteiger partial charge is 0.230 e. The summed E-state index contributed by atoms with van der Waals surface area (Å²) in [6.45, 7) is 2.08. The van der Waals surface area contributed by atoms with Gasteiger partial charge in [0.05, 0.1) is 0 Å². The van der Waals surface area contributed by atoms with Gasteiger partial charge in [-0.3, -0.25) is 0 Å². The minimum absolute atomic E-state index is 0.193. The third kappa shape index (κ3) is 4.06. The van der Waals surface area contributed by atoms with Gasteiger partial charge in [-0.2, -0.15) is 15.0 Å². The van der Waals surface area contributed by atoms with Crippen molar-refractivity contribution in [3.05, 3.63) is 41.2 Å². The summed E-state index contributed by atoms with van der Waals surface area (Å²) in [6, 6.07) is 10.5. The maximum absolute atomic E-state index is 5.91. The molecule has 0 aliphatic carbocycles. The summed E-state index contributed by atoms with van der Waals surface area (Å²) in [5.41, 5.74) is 1.26. The third-order valence-electron chi connectivity index (χ3n) is 2.76. The number of hydrogen-bond acceptors (Lipinski definition) is 5. The fourth-order valence-electron chi connectivity index (χ4n) is 1.84. The van der Waals surface area contributed by atoms with E-state index in [-0.39, 0.29) is 11.3 Å². The van der Waals surface area contributed by atoms with E-state index >= 15 is 0 Å². The van der Waals surface area contributed by atoms with Crippen molar-refractivity contribution in [3.8, 4) is 0 Å². The molecule has 0 radical (unpaired) electrons. The molecule has 1 N–H and O–H groups in total. The quantitative estimate of drug-likeness (QED) is 0.918. The summed E-state index contributed by atoms with van der Waals surface area (Å²) in [7, 11) is 3.73. The van der Waals surface area contributed by atoms with Gasteiger partial charge < -0.3 is 10.2 Å². The molecule has 5 nitrogen and oxygen atoms in total. The molecule has 0 spiro atoms. The zero-order valence-corrected chi connectivity index (χ0v) is 12.6. The van der Waals surface area contributed by atoms with Gasteiger partial charge in [0.15, 0.2) is 0 Å². The lowest BCUT2D eigenvalue weighted by Crippen LogP contribution is -2.21. The number of nitrogens with zero attached hydrogens (tertiary/aromatic N) is 4. The molecule has 0 aliphatic heterocycles. The summed E-state index contributed by atoms with van der Waals surface area (Å²) < 4.78 is 0. The molecule has 0 amide bonds. The first-order valence-corrected chi connectivity index (χ1v) is 6.82. The topological polar surface area (TPSA) is 53.9 Å². The number of halogens is 1. The third-order valence-corrected chi connectivity index (χ3v) is 2.93. The van der Waals surface area contributed by atoms with Gasteiger partial charge in [-0.25, -0.2) is 0 Å². The van der Waals surface area contributed by atoms with Crippen LogP contribution in [0.15, 0.2) is 30.3 Å². The Morgan fingerprint density at radius 3 is 2.50 bits per heavy atom. The van der Waals surface area contributed by atoms with Crippen LogP contribution in [0.1, 0.15) is 12.5 Å². The normalized spacial score (nSPS) is 12.0. The first-order valence-electron chi connectivity index (χ1n) is 6.44. The number of rotatable bonds is 5. The number of nitrogens with one attached hydrogen (secondary N) is 1. The van der Waals surface area contributed by atoms with Crippen molar-refractivity contribution in [1.29, 1.82) is 0 Å². The van der Waals surface area contributed by atoms with E-state index < -0.39 is 0 Å². The highest BCUT2D eigenvalue weighted by Gasteiger charge is 2.09. The fraction of sp³-hybridized carbons (Fsp3) is 0.357. The van der Waals surface area contributed by atoms with Crippen LogP contribution in [0.3, 0.4) is 0 Å². The highest BCUT2D eigenvalue weighted by molar-refractivity contribution is 6.28. The van der Waals surface area contributed by atoms with Crippen LogP contribution in [0.2, 0.25) is 5.28 Å². The average Bonchev–Trinajstić information content (AvgIpc) is 2.38. The van der Waals surface area contributed by atoms with Crippen molar-refractivity contribution in [1.82, 2.24) is 15.0 Å². The Labute approximate surface area is 124 Å². The van der Waals surface area contributed by atoms with E-state index in [1.807, 2.05) is 32.3 Å². The van der Waals surface area contributed by atoms with Crippen molar-refractivity contribution < 1.29 is 0 Å². The Kier molecular flexibility index (Phi) is 4.74. The van der Waals surface area contributed by atoms with Crippen LogP contribution < -0.4 is 10.2 Å². The molecule has 2 aromatic rings. The zero-order valence-electron chi connectivity index (χ0n) is 11.8. The second-order valence-corrected chi connectivity index (χ2v) is 5.20. The average molecular weight is 292 g/mol. The van der Waals surface area contributed by atoms with Crippen molar-refractivity contribution in [3.63, 3.8) is 0 Å². The molecule has 1 atom stereocenters. The summed E-state index contributed by atoms with van der Waals surface area (Å²) in [5, 5.41) is 3.45. The monoisotopic (exact) mass is 291 g/mol. The Morgan fingerprint density at radius 2 is 1.85 bits per heavy atom. The second-order valence-electron chi connectivity index (χ2n) is 4.86. The molecule has 6 heteroatoms. The summed E-state index contributed by atoms with van der Waals surface area (Å²) in [5.74, 6) is 1.04. The molecule has 0 saturated heterocycles. The van der Waals surface area contributed by atoms with Gasteiger partial charge in [-0.15, -0.1) is 0 Å². The highest BCUT2D eigenvalue weighted by Crippen LogP contribution is 2.13. The number of hydrogen-bond donors (Lipinski definition) is 1. The molecule has 20 heavy (non-hydrogen) atoms. The van der Waals surface area contributed by atoms with Gasteiger partial charge in [0.2, 0.25) is 17.2 Å². The Bertz CT molecular complexity index is 559. The molecule has 1 aromatic heterocycles. The van der Waals surface area contributed by atoms with Crippen LogP contribution in [-0.4, -0.2) is 35.1 Å². The van der Waals surface area contributed by atoms with E-state index in [2.05, 4.69) is 39.3 Å². The molecule has 2 rings (SSSR count). The van der Waals surface area contributed by atoms with Gasteiger partial charge >= 0.3 is 0 Å². The maximum Gasteiger partial charge on any atom is 0.230 e. The Morgan fingerprint density at radius 1 is 1.15 bits per heavy atom. The minimum Gasteiger partial charge on any atom is -0.351 e. The van der Waals surface area contributed by atoms with Crippen LogP contribution >= 0.6 is 11.6 Å². The predicted octanol–water partition coefficient (Wildman–Crippen LogP) is 2.63. The number of anilines is 2. The van der Waals surface area contributed by atoms with Gasteiger partial charge in [-0.05, 0) is 30.5 Å². The van der Waals surface area contributed by atoms with E-state index in [4.69, 9.17) is 11.6 Å². The van der Waals surface area contributed by atoms with E-state index in [0.29, 0.717) is 11.9 Å². The zero-order chi connectivity index (χ0) is 14.5. The Balaban J connectivity index is 2.06. The van der Waals surface area contributed by atoms with Gasteiger partial charge in [-0.1, -0.05) is 30.3 Å². The van der Waals surface area contributed by atoms with E-state index in [1.54, 1.807) is 4.90 Å². The van der Waals surface area contributed by atoms with Crippen molar-refractivity contribution >= 4 is 23.5 Å². The molecular formula is C14H18ClN5. The lowest BCUT2D eigenvalue weighted by Gasteiger charge is -2.16. The molecule has 0 bridgehead atoms. The van der Waals surface area contributed by atoms with Gasteiger partial charge in [0.1, 0.15) is 0 Å².